The molecule has 0 atom stereocenters. The molecular weight excluding hydrogens is 298 g/mol. The summed E-state index contributed by atoms with van der Waals surface area (Å²) in [6, 6.07) is 16.4. The molecule has 0 heterocycles. The van der Waals surface area contributed by atoms with E-state index < -0.39 is 11.0 Å². The highest BCUT2D eigenvalue weighted by Crippen LogP contribution is 2.21. The van der Waals surface area contributed by atoms with Crippen molar-refractivity contribution >= 4 is 17.5 Å². The fraction of sp³-hybridized carbons (Fsp3) is 0.125. The Bertz CT molecular complexity index is 740. The smallest absolute Gasteiger partial charge is 0.415 e. The fourth-order valence-corrected chi connectivity index (χ4v) is 1.90. The number of nitrogens with zero attached hydrogens (tertiary/aromatic N) is 3. The van der Waals surface area contributed by atoms with Crippen molar-refractivity contribution < 1.29 is 14.5 Å². The maximum Gasteiger partial charge on any atom is 0.415 e. The summed E-state index contributed by atoms with van der Waals surface area (Å²) in [7, 11) is 0. The number of nitro benzene ring substituents is 1. The van der Waals surface area contributed by atoms with E-state index in [0.717, 1.165) is 10.5 Å². The lowest BCUT2D eigenvalue weighted by molar-refractivity contribution is -0.384. The van der Waals surface area contributed by atoms with Crippen molar-refractivity contribution in [3.63, 3.8) is 0 Å². The molecule has 0 spiro atoms. The molecule has 0 aliphatic heterocycles. The molecule has 2 rings (SSSR count). The Labute approximate surface area is 132 Å². The first-order valence-corrected chi connectivity index (χ1v) is 6.71. The molecule has 0 saturated heterocycles. The summed E-state index contributed by atoms with van der Waals surface area (Å²) in [5.41, 5.74) is 0.872. The van der Waals surface area contributed by atoms with Gasteiger partial charge in [0.05, 0.1) is 16.7 Å². The first-order chi connectivity index (χ1) is 11.1. The lowest BCUT2D eigenvalue weighted by Gasteiger charge is -2.19. The number of nitro groups is 1. The minimum atomic E-state index is -0.740. The molecule has 2 aromatic carbocycles. The summed E-state index contributed by atoms with van der Waals surface area (Å²) in [5.74, 6) is 0. The molecule has 2 aromatic rings. The molecule has 0 aromatic heterocycles. The molecule has 0 aliphatic rings. The second-order valence-corrected chi connectivity index (χ2v) is 4.56. The number of nitriles is 1. The monoisotopic (exact) mass is 311 g/mol. The van der Waals surface area contributed by atoms with Crippen molar-refractivity contribution in [1.29, 1.82) is 5.26 Å². The number of rotatable bonds is 5. The Kier molecular flexibility index (Phi) is 5.25. The van der Waals surface area contributed by atoms with Crippen LogP contribution in [-0.2, 0) is 11.3 Å². The van der Waals surface area contributed by atoms with Crippen molar-refractivity contribution in [3.8, 4) is 6.07 Å². The molecule has 116 valence electrons. The summed E-state index contributed by atoms with van der Waals surface area (Å²) in [5, 5.41) is 19.7. The third kappa shape index (κ3) is 4.28. The van der Waals surface area contributed by atoms with E-state index in [-0.39, 0.29) is 24.5 Å². The van der Waals surface area contributed by atoms with Gasteiger partial charge in [-0.1, -0.05) is 36.4 Å². The summed E-state index contributed by atoms with van der Waals surface area (Å²) >= 11 is 0. The summed E-state index contributed by atoms with van der Waals surface area (Å²) < 4.78 is 5.16. The minimum Gasteiger partial charge on any atom is -0.444 e. The van der Waals surface area contributed by atoms with Gasteiger partial charge in [-0.15, -0.1) is 0 Å². The summed E-state index contributed by atoms with van der Waals surface area (Å²) in [4.78, 5) is 23.5. The molecule has 0 fully saturated rings. The summed E-state index contributed by atoms with van der Waals surface area (Å²) in [6.45, 7) is -0.217. The SMILES string of the molecule is N#CCN(C(=O)OCc1ccccc1)c1cccc([N+](=O)[O-])c1. The van der Waals surface area contributed by atoms with Gasteiger partial charge in [0.2, 0.25) is 0 Å². The van der Waals surface area contributed by atoms with Gasteiger partial charge in [0.1, 0.15) is 13.2 Å². The van der Waals surface area contributed by atoms with Gasteiger partial charge < -0.3 is 4.74 Å². The van der Waals surface area contributed by atoms with Crippen LogP contribution >= 0.6 is 0 Å². The zero-order valence-corrected chi connectivity index (χ0v) is 12.1. The number of amides is 1. The average molecular weight is 311 g/mol. The van der Waals surface area contributed by atoms with Crippen molar-refractivity contribution in [2.45, 2.75) is 6.61 Å². The normalized spacial score (nSPS) is 9.70. The lowest BCUT2D eigenvalue weighted by atomic mass is 10.2. The van der Waals surface area contributed by atoms with E-state index in [2.05, 4.69) is 0 Å². The van der Waals surface area contributed by atoms with Crippen LogP contribution in [0.3, 0.4) is 0 Å². The van der Waals surface area contributed by atoms with Gasteiger partial charge in [0.15, 0.2) is 0 Å². The van der Waals surface area contributed by atoms with E-state index in [1.165, 1.54) is 24.3 Å². The molecule has 1 amide bonds. The van der Waals surface area contributed by atoms with E-state index in [9.17, 15) is 14.9 Å². The number of anilines is 1. The van der Waals surface area contributed by atoms with Crippen molar-refractivity contribution in [3.05, 3.63) is 70.3 Å². The molecule has 23 heavy (non-hydrogen) atoms. The van der Waals surface area contributed by atoms with Gasteiger partial charge in [-0.3, -0.25) is 15.0 Å². The van der Waals surface area contributed by atoms with Crippen LogP contribution in [0.2, 0.25) is 0 Å². The van der Waals surface area contributed by atoms with Gasteiger partial charge in [-0.2, -0.15) is 5.26 Å². The van der Waals surface area contributed by atoms with Crippen LogP contribution in [0.1, 0.15) is 5.56 Å². The first kappa shape index (κ1) is 16.0. The maximum atomic E-state index is 12.2. The van der Waals surface area contributed by atoms with E-state index in [0.29, 0.717) is 0 Å². The Balaban J connectivity index is 2.14. The molecule has 0 saturated carbocycles. The maximum absolute atomic E-state index is 12.2. The van der Waals surface area contributed by atoms with Crippen LogP contribution in [0, 0.1) is 21.4 Å². The van der Waals surface area contributed by atoms with Crippen LogP contribution in [0.15, 0.2) is 54.6 Å². The van der Waals surface area contributed by atoms with Gasteiger partial charge in [-0.05, 0) is 11.6 Å². The van der Waals surface area contributed by atoms with Crippen molar-refractivity contribution in [1.82, 2.24) is 0 Å². The average Bonchev–Trinajstić information content (AvgIpc) is 2.58. The van der Waals surface area contributed by atoms with Gasteiger partial charge in [0.25, 0.3) is 5.69 Å². The lowest BCUT2D eigenvalue weighted by Crippen LogP contribution is -2.31. The second-order valence-electron chi connectivity index (χ2n) is 4.56. The Morgan fingerprint density at radius 2 is 1.96 bits per heavy atom. The third-order valence-electron chi connectivity index (χ3n) is 3.01. The van der Waals surface area contributed by atoms with Gasteiger partial charge in [0, 0.05) is 12.1 Å². The van der Waals surface area contributed by atoms with Crippen LogP contribution in [-0.4, -0.2) is 17.6 Å². The minimum absolute atomic E-state index is 0.0521. The Hall–Kier alpha value is -3.40. The van der Waals surface area contributed by atoms with E-state index in [1.807, 2.05) is 24.3 Å². The molecule has 0 radical (unpaired) electrons. The number of hydrogen-bond donors (Lipinski definition) is 0. The Morgan fingerprint density at radius 1 is 1.22 bits per heavy atom. The zero-order valence-electron chi connectivity index (χ0n) is 12.1. The van der Waals surface area contributed by atoms with Gasteiger partial charge in [-0.25, -0.2) is 4.79 Å². The van der Waals surface area contributed by atoms with Crippen LogP contribution in [0.25, 0.3) is 0 Å². The summed E-state index contributed by atoms with van der Waals surface area (Å²) in [6.07, 6.45) is -0.740. The first-order valence-electron chi connectivity index (χ1n) is 6.71. The predicted molar refractivity (Wildman–Crippen MR) is 82.7 cm³/mol. The van der Waals surface area contributed by atoms with Crippen LogP contribution < -0.4 is 4.90 Å². The molecule has 0 unspecified atom stereocenters. The highest BCUT2D eigenvalue weighted by atomic mass is 16.6. The van der Waals surface area contributed by atoms with Gasteiger partial charge >= 0.3 is 6.09 Å². The third-order valence-corrected chi connectivity index (χ3v) is 3.01. The predicted octanol–water partition coefficient (Wildman–Crippen LogP) is 3.26. The standard InChI is InChI=1S/C16H13N3O4/c17-9-10-18(14-7-4-8-15(11-14)19(21)22)16(20)23-12-13-5-2-1-3-6-13/h1-8,11H,10,12H2. The van der Waals surface area contributed by atoms with E-state index in [1.54, 1.807) is 12.1 Å². The number of non-ortho nitro benzene ring substituents is 1. The van der Waals surface area contributed by atoms with Crippen LogP contribution in [0.4, 0.5) is 16.2 Å². The number of benzene rings is 2. The largest absolute Gasteiger partial charge is 0.444 e. The Morgan fingerprint density at radius 3 is 2.61 bits per heavy atom. The molecule has 7 heteroatoms. The molecule has 0 aliphatic carbocycles. The second kappa shape index (κ2) is 7.56. The number of carbonyl (C=O) groups is 1. The molecule has 7 nitrogen and oxygen atoms in total. The highest BCUT2D eigenvalue weighted by molar-refractivity contribution is 5.88. The topological polar surface area (TPSA) is 96.5 Å². The van der Waals surface area contributed by atoms with Crippen LogP contribution in [0.5, 0.6) is 0 Å². The molecule has 0 N–H and O–H groups in total. The quantitative estimate of drug-likeness (QED) is 0.479. The highest BCUT2D eigenvalue weighted by Gasteiger charge is 2.19. The molecular formula is C16H13N3O4. The van der Waals surface area contributed by atoms with E-state index >= 15 is 0 Å². The number of ether oxygens (including phenoxy) is 1. The van der Waals surface area contributed by atoms with Crippen molar-refractivity contribution in [2.24, 2.45) is 0 Å². The van der Waals surface area contributed by atoms with E-state index in [4.69, 9.17) is 10.00 Å². The fourth-order valence-electron chi connectivity index (χ4n) is 1.90. The van der Waals surface area contributed by atoms with Crippen molar-refractivity contribution in [2.75, 3.05) is 11.4 Å². The molecule has 0 bridgehead atoms. The number of carbonyl (C=O) groups excluding carboxylic acids is 1. The number of hydrogen-bond acceptors (Lipinski definition) is 5. The zero-order chi connectivity index (χ0) is 16.7.